The van der Waals surface area contributed by atoms with Gasteiger partial charge in [0.15, 0.2) is 0 Å². The van der Waals surface area contributed by atoms with Crippen molar-refractivity contribution in [2.24, 2.45) is 0 Å². The second kappa shape index (κ2) is 4.31. The summed E-state index contributed by atoms with van der Waals surface area (Å²) in [6.45, 7) is 4.35. The second-order valence-corrected chi connectivity index (χ2v) is 5.07. The van der Waals surface area contributed by atoms with Gasteiger partial charge in [0.25, 0.3) is 0 Å². The molecule has 0 radical (unpaired) electrons. The van der Waals surface area contributed by atoms with Gasteiger partial charge in [-0.15, -0.1) is 0 Å². The van der Waals surface area contributed by atoms with Crippen LogP contribution >= 0.6 is 11.6 Å². The van der Waals surface area contributed by atoms with E-state index in [4.69, 9.17) is 17.3 Å². The lowest BCUT2D eigenvalue weighted by Gasteiger charge is -2.38. The molecule has 17 heavy (non-hydrogen) atoms. The SMILES string of the molecule is Nc1nc(Cl)cc(N2CCN3CCCC3C2)n1. The summed E-state index contributed by atoms with van der Waals surface area (Å²) in [4.78, 5) is 13.0. The molecule has 2 aliphatic rings. The van der Waals surface area contributed by atoms with Crippen molar-refractivity contribution in [3.8, 4) is 0 Å². The van der Waals surface area contributed by atoms with Crippen LogP contribution in [0.1, 0.15) is 12.8 Å². The van der Waals surface area contributed by atoms with Gasteiger partial charge in [0.1, 0.15) is 11.0 Å². The molecule has 0 spiro atoms. The predicted molar refractivity (Wildman–Crippen MR) is 68.3 cm³/mol. The molecule has 2 fully saturated rings. The first-order chi connectivity index (χ1) is 8.22. The molecule has 1 atom stereocenters. The normalized spacial score (nSPS) is 25.0. The van der Waals surface area contributed by atoms with E-state index in [2.05, 4.69) is 19.8 Å². The molecule has 2 aliphatic heterocycles. The Kier molecular flexibility index (Phi) is 2.80. The maximum atomic E-state index is 5.91. The van der Waals surface area contributed by atoms with Crippen LogP contribution < -0.4 is 10.6 Å². The van der Waals surface area contributed by atoms with E-state index >= 15 is 0 Å². The quantitative estimate of drug-likeness (QED) is 0.757. The topological polar surface area (TPSA) is 58.3 Å². The number of nitrogens with two attached hydrogens (primary N) is 1. The smallest absolute Gasteiger partial charge is 0.223 e. The Balaban J connectivity index is 1.80. The maximum absolute atomic E-state index is 5.91. The van der Waals surface area contributed by atoms with Crippen molar-refractivity contribution in [2.75, 3.05) is 36.8 Å². The summed E-state index contributed by atoms with van der Waals surface area (Å²) >= 11 is 5.91. The summed E-state index contributed by atoms with van der Waals surface area (Å²) in [5.74, 6) is 1.11. The molecule has 0 bridgehead atoms. The van der Waals surface area contributed by atoms with Gasteiger partial charge in [-0.3, -0.25) is 4.90 Å². The fourth-order valence-corrected chi connectivity index (χ4v) is 2.97. The minimum atomic E-state index is 0.251. The fraction of sp³-hybridized carbons (Fsp3) is 0.636. The average molecular weight is 254 g/mol. The monoisotopic (exact) mass is 253 g/mol. The predicted octanol–water partition coefficient (Wildman–Crippen LogP) is 0.997. The van der Waals surface area contributed by atoms with Crippen molar-refractivity contribution >= 4 is 23.4 Å². The molecule has 0 amide bonds. The summed E-state index contributed by atoms with van der Waals surface area (Å²) < 4.78 is 0. The first kappa shape index (κ1) is 11.0. The van der Waals surface area contributed by atoms with Gasteiger partial charge in [0.05, 0.1) is 0 Å². The largest absolute Gasteiger partial charge is 0.368 e. The lowest BCUT2D eigenvalue weighted by molar-refractivity contribution is 0.230. The van der Waals surface area contributed by atoms with Crippen LogP contribution in [0, 0.1) is 0 Å². The molecule has 3 rings (SSSR count). The van der Waals surface area contributed by atoms with Gasteiger partial charge in [-0.25, -0.2) is 4.98 Å². The lowest BCUT2D eigenvalue weighted by atomic mass is 10.1. The first-order valence-electron chi connectivity index (χ1n) is 6.01. The van der Waals surface area contributed by atoms with E-state index in [-0.39, 0.29) is 5.95 Å². The zero-order chi connectivity index (χ0) is 11.8. The molecule has 6 heteroatoms. The van der Waals surface area contributed by atoms with Crippen molar-refractivity contribution in [2.45, 2.75) is 18.9 Å². The number of anilines is 2. The lowest BCUT2D eigenvalue weighted by Crippen LogP contribution is -2.50. The summed E-state index contributed by atoms with van der Waals surface area (Å²) in [5, 5.41) is 0.418. The Labute approximate surface area is 106 Å². The average Bonchev–Trinajstić information content (AvgIpc) is 2.74. The first-order valence-corrected chi connectivity index (χ1v) is 6.39. The number of aromatic nitrogens is 2. The summed E-state index contributed by atoms with van der Waals surface area (Å²) in [6.07, 6.45) is 2.59. The van der Waals surface area contributed by atoms with Crippen molar-refractivity contribution < 1.29 is 0 Å². The van der Waals surface area contributed by atoms with Crippen molar-refractivity contribution in [1.82, 2.24) is 14.9 Å². The van der Waals surface area contributed by atoms with Crippen molar-refractivity contribution in [3.63, 3.8) is 0 Å². The number of piperazine rings is 1. The molecule has 2 N–H and O–H groups in total. The van der Waals surface area contributed by atoms with Gasteiger partial charge in [-0.1, -0.05) is 11.6 Å². The summed E-state index contributed by atoms with van der Waals surface area (Å²) in [5.41, 5.74) is 5.63. The molecule has 1 aromatic heterocycles. The number of fused-ring (bicyclic) bond motifs is 1. The Hall–Kier alpha value is -1.07. The van der Waals surface area contributed by atoms with Crippen molar-refractivity contribution in [1.29, 1.82) is 0 Å². The zero-order valence-corrected chi connectivity index (χ0v) is 10.4. The Morgan fingerprint density at radius 1 is 1.29 bits per heavy atom. The van der Waals surface area contributed by atoms with Crippen LogP contribution in [0.5, 0.6) is 0 Å². The van der Waals surface area contributed by atoms with Crippen LogP contribution in [-0.2, 0) is 0 Å². The Morgan fingerprint density at radius 3 is 3.00 bits per heavy atom. The minimum absolute atomic E-state index is 0.251. The highest BCUT2D eigenvalue weighted by atomic mass is 35.5. The van der Waals surface area contributed by atoms with Gasteiger partial charge >= 0.3 is 0 Å². The molecule has 2 saturated heterocycles. The summed E-state index contributed by atoms with van der Waals surface area (Å²) in [6, 6.07) is 2.46. The number of hydrogen-bond acceptors (Lipinski definition) is 5. The third kappa shape index (κ3) is 2.17. The van der Waals surface area contributed by atoms with Crippen LogP contribution in [0.4, 0.5) is 11.8 Å². The minimum Gasteiger partial charge on any atom is -0.368 e. The maximum Gasteiger partial charge on any atom is 0.223 e. The van der Waals surface area contributed by atoms with Crippen LogP contribution in [0.2, 0.25) is 5.15 Å². The standard InChI is InChI=1S/C11H16ClN5/c12-9-6-10(15-11(13)14-9)17-5-4-16-3-1-2-8(16)7-17/h6,8H,1-5,7H2,(H2,13,14,15). The molecule has 0 aromatic carbocycles. The number of halogens is 1. The fourth-order valence-electron chi connectivity index (χ4n) is 2.78. The highest BCUT2D eigenvalue weighted by Crippen LogP contribution is 2.25. The third-order valence-corrected chi connectivity index (χ3v) is 3.80. The highest BCUT2D eigenvalue weighted by molar-refractivity contribution is 6.29. The number of nitrogen functional groups attached to an aromatic ring is 1. The van der Waals surface area contributed by atoms with E-state index in [1.165, 1.54) is 19.4 Å². The molecule has 5 nitrogen and oxygen atoms in total. The molecular weight excluding hydrogens is 238 g/mol. The van der Waals surface area contributed by atoms with Gasteiger partial charge in [0, 0.05) is 31.7 Å². The molecular formula is C11H16ClN5. The zero-order valence-electron chi connectivity index (χ0n) is 9.64. The van der Waals surface area contributed by atoms with E-state index in [1.54, 1.807) is 6.07 Å². The van der Waals surface area contributed by atoms with Crippen molar-refractivity contribution in [3.05, 3.63) is 11.2 Å². The molecule has 0 aliphatic carbocycles. The molecule has 3 heterocycles. The number of rotatable bonds is 1. The van der Waals surface area contributed by atoms with Crippen LogP contribution in [0.15, 0.2) is 6.07 Å². The second-order valence-electron chi connectivity index (χ2n) is 4.69. The third-order valence-electron chi connectivity index (χ3n) is 3.61. The number of nitrogens with zero attached hydrogens (tertiary/aromatic N) is 4. The van der Waals surface area contributed by atoms with Gasteiger partial charge < -0.3 is 10.6 Å². The van der Waals surface area contributed by atoms with Gasteiger partial charge in [0.2, 0.25) is 5.95 Å². The van der Waals surface area contributed by atoms with E-state index in [1.807, 2.05) is 0 Å². The Morgan fingerprint density at radius 2 is 2.18 bits per heavy atom. The van der Waals surface area contributed by atoms with Crippen LogP contribution in [0.25, 0.3) is 0 Å². The van der Waals surface area contributed by atoms with E-state index in [0.29, 0.717) is 11.2 Å². The van der Waals surface area contributed by atoms with E-state index < -0.39 is 0 Å². The van der Waals surface area contributed by atoms with Gasteiger partial charge in [-0.2, -0.15) is 4.98 Å². The molecule has 92 valence electrons. The summed E-state index contributed by atoms with van der Waals surface area (Å²) in [7, 11) is 0. The Bertz CT molecular complexity index is 404. The highest BCUT2D eigenvalue weighted by Gasteiger charge is 2.31. The molecule has 0 saturated carbocycles. The van der Waals surface area contributed by atoms with E-state index in [9.17, 15) is 0 Å². The van der Waals surface area contributed by atoms with Crippen LogP contribution in [0.3, 0.4) is 0 Å². The van der Waals surface area contributed by atoms with Gasteiger partial charge in [-0.05, 0) is 19.4 Å². The number of hydrogen-bond donors (Lipinski definition) is 1. The molecule has 1 aromatic rings. The molecule has 1 unspecified atom stereocenters. The van der Waals surface area contributed by atoms with E-state index in [0.717, 1.165) is 25.5 Å². The van der Waals surface area contributed by atoms with Crippen LogP contribution in [-0.4, -0.2) is 47.1 Å².